The number of nitrogens with one attached hydrogen (secondary N) is 2. The number of thiocarbonyl (C=S) groups is 1. The van der Waals surface area contributed by atoms with Crippen molar-refractivity contribution < 1.29 is 9.47 Å². The first-order valence-electron chi connectivity index (χ1n) is 7.44. The van der Waals surface area contributed by atoms with Gasteiger partial charge < -0.3 is 20.1 Å². The summed E-state index contributed by atoms with van der Waals surface area (Å²) < 4.78 is 11.9. The summed E-state index contributed by atoms with van der Waals surface area (Å²) >= 11 is 6.89. The molecule has 0 saturated heterocycles. The molecule has 0 atom stereocenters. The van der Waals surface area contributed by atoms with E-state index in [1.54, 1.807) is 7.11 Å². The van der Waals surface area contributed by atoms with Gasteiger partial charge in [-0.15, -0.1) is 0 Å². The molecule has 0 aliphatic rings. The van der Waals surface area contributed by atoms with E-state index < -0.39 is 0 Å². The highest BCUT2D eigenvalue weighted by molar-refractivity contribution is 7.80. The molecular formula is C17H17N3O2S2. The minimum absolute atomic E-state index is 0.462. The van der Waals surface area contributed by atoms with Gasteiger partial charge in [0, 0.05) is 0 Å². The first-order valence-corrected chi connectivity index (χ1v) is 8.66. The Hall–Kier alpha value is -2.38. The Morgan fingerprint density at radius 3 is 2.83 bits per heavy atom. The summed E-state index contributed by atoms with van der Waals surface area (Å²) in [5.41, 5.74) is 1.71. The predicted molar refractivity (Wildman–Crippen MR) is 104 cm³/mol. The van der Waals surface area contributed by atoms with Gasteiger partial charge in [0.1, 0.15) is 11.5 Å². The lowest BCUT2D eigenvalue weighted by Gasteiger charge is -2.11. The van der Waals surface area contributed by atoms with Crippen molar-refractivity contribution in [2.45, 2.75) is 6.92 Å². The molecule has 124 valence electrons. The van der Waals surface area contributed by atoms with Gasteiger partial charge in [-0.1, -0.05) is 23.5 Å². The molecule has 0 radical (unpaired) electrons. The summed E-state index contributed by atoms with van der Waals surface area (Å²) in [5, 5.41) is 7.43. The van der Waals surface area contributed by atoms with Crippen molar-refractivity contribution in [1.82, 2.24) is 4.98 Å². The van der Waals surface area contributed by atoms with Crippen LogP contribution in [-0.4, -0.2) is 23.8 Å². The second kappa shape index (κ2) is 7.46. The highest BCUT2D eigenvalue weighted by atomic mass is 32.1. The van der Waals surface area contributed by atoms with Gasteiger partial charge in [0.15, 0.2) is 10.2 Å². The molecule has 0 bridgehead atoms. The molecule has 2 aromatic carbocycles. The normalized spacial score (nSPS) is 10.4. The number of rotatable bonds is 5. The number of thiazole rings is 1. The molecule has 0 saturated carbocycles. The van der Waals surface area contributed by atoms with E-state index in [0.717, 1.165) is 32.5 Å². The summed E-state index contributed by atoms with van der Waals surface area (Å²) in [6.07, 6.45) is 0. The van der Waals surface area contributed by atoms with E-state index >= 15 is 0 Å². The van der Waals surface area contributed by atoms with Crippen molar-refractivity contribution in [3.8, 4) is 11.5 Å². The highest BCUT2D eigenvalue weighted by Gasteiger charge is 2.08. The first kappa shape index (κ1) is 16.5. The largest absolute Gasteiger partial charge is 0.495 e. The van der Waals surface area contributed by atoms with Crippen LogP contribution in [-0.2, 0) is 0 Å². The molecule has 0 spiro atoms. The molecule has 0 amide bonds. The van der Waals surface area contributed by atoms with Gasteiger partial charge in [-0.3, -0.25) is 0 Å². The van der Waals surface area contributed by atoms with Crippen LogP contribution < -0.4 is 20.1 Å². The number of ether oxygens (including phenoxy) is 2. The van der Waals surface area contributed by atoms with Crippen LogP contribution in [0.3, 0.4) is 0 Å². The zero-order valence-electron chi connectivity index (χ0n) is 13.3. The SMILES string of the molecule is CCOc1ccc2nc(NC(=S)Nc3ccccc3OC)sc2c1. The Balaban J connectivity index is 1.73. The molecule has 2 N–H and O–H groups in total. The molecule has 3 rings (SSSR count). The number of anilines is 2. The number of para-hydroxylation sites is 2. The van der Waals surface area contributed by atoms with Crippen molar-refractivity contribution in [3.63, 3.8) is 0 Å². The van der Waals surface area contributed by atoms with E-state index in [1.807, 2.05) is 49.4 Å². The Morgan fingerprint density at radius 2 is 2.04 bits per heavy atom. The van der Waals surface area contributed by atoms with E-state index in [-0.39, 0.29) is 0 Å². The second-order valence-electron chi connectivity index (χ2n) is 4.86. The number of aromatic nitrogens is 1. The van der Waals surface area contributed by atoms with Crippen molar-refractivity contribution in [1.29, 1.82) is 0 Å². The third-order valence-corrected chi connectivity index (χ3v) is 4.38. The number of fused-ring (bicyclic) bond motifs is 1. The summed E-state index contributed by atoms with van der Waals surface area (Å²) in [6, 6.07) is 13.4. The van der Waals surface area contributed by atoms with Crippen molar-refractivity contribution in [2.75, 3.05) is 24.4 Å². The van der Waals surface area contributed by atoms with Crippen LogP contribution in [0.5, 0.6) is 11.5 Å². The molecule has 0 aliphatic heterocycles. The van der Waals surface area contributed by atoms with Gasteiger partial charge in [-0.25, -0.2) is 4.98 Å². The third-order valence-electron chi connectivity index (χ3n) is 3.25. The molecule has 0 unspecified atom stereocenters. The number of benzene rings is 2. The number of hydrogen-bond acceptors (Lipinski definition) is 5. The Morgan fingerprint density at radius 1 is 1.21 bits per heavy atom. The summed E-state index contributed by atoms with van der Waals surface area (Å²) in [4.78, 5) is 4.53. The summed E-state index contributed by atoms with van der Waals surface area (Å²) in [5.74, 6) is 1.57. The minimum Gasteiger partial charge on any atom is -0.495 e. The van der Waals surface area contributed by atoms with Gasteiger partial charge >= 0.3 is 0 Å². The second-order valence-corrected chi connectivity index (χ2v) is 6.30. The molecule has 0 aliphatic carbocycles. The molecule has 24 heavy (non-hydrogen) atoms. The molecular weight excluding hydrogens is 342 g/mol. The van der Waals surface area contributed by atoms with Crippen molar-refractivity contribution >= 4 is 49.7 Å². The molecule has 1 heterocycles. The van der Waals surface area contributed by atoms with Crippen LogP contribution in [0.25, 0.3) is 10.2 Å². The van der Waals surface area contributed by atoms with Gasteiger partial charge in [-0.05, 0) is 49.5 Å². The number of hydrogen-bond donors (Lipinski definition) is 2. The molecule has 1 aromatic heterocycles. The van der Waals surface area contributed by atoms with Crippen LogP contribution in [0.1, 0.15) is 6.92 Å². The third kappa shape index (κ3) is 3.74. The number of methoxy groups -OCH3 is 1. The minimum atomic E-state index is 0.462. The van der Waals surface area contributed by atoms with Gasteiger partial charge in [-0.2, -0.15) is 0 Å². The van der Waals surface area contributed by atoms with E-state index in [4.69, 9.17) is 21.7 Å². The van der Waals surface area contributed by atoms with Crippen LogP contribution in [0.4, 0.5) is 10.8 Å². The predicted octanol–water partition coefficient (Wildman–Crippen LogP) is 4.51. The van der Waals surface area contributed by atoms with Crippen molar-refractivity contribution in [3.05, 3.63) is 42.5 Å². The van der Waals surface area contributed by atoms with E-state index in [2.05, 4.69) is 15.6 Å². The fourth-order valence-corrected chi connectivity index (χ4v) is 3.38. The van der Waals surface area contributed by atoms with Crippen LogP contribution in [0.15, 0.2) is 42.5 Å². The van der Waals surface area contributed by atoms with Crippen molar-refractivity contribution in [2.24, 2.45) is 0 Å². The van der Waals surface area contributed by atoms with Gasteiger partial charge in [0.2, 0.25) is 0 Å². The zero-order chi connectivity index (χ0) is 16.9. The van der Waals surface area contributed by atoms with Gasteiger partial charge in [0.25, 0.3) is 0 Å². The van der Waals surface area contributed by atoms with Gasteiger partial charge in [0.05, 0.1) is 29.6 Å². The highest BCUT2D eigenvalue weighted by Crippen LogP contribution is 2.30. The van der Waals surface area contributed by atoms with Crippen LogP contribution in [0.2, 0.25) is 0 Å². The molecule has 5 nitrogen and oxygen atoms in total. The zero-order valence-corrected chi connectivity index (χ0v) is 15.0. The Bertz CT molecular complexity index is 864. The molecule has 3 aromatic rings. The standard InChI is InChI=1S/C17H17N3O2S2/c1-3-22-11-8-9-13-15(10-11)24-17(19-13)20-16(23)18-12-6-4-5-7-14(12)21-2/h4-10H,3H2,1-2H3,(H2,18,19,20,23). The quantitative estimate of drug-likeness (QED) is 0.654. The molecule has 7 heteroatoms. The van der Waals surface area contributed by atoms with E-state index in [0.29, 0.717) is 11.7 Å². The number of nitrogens with zero attached hydrogens (tertiary/aromatic N) is 1. The Labute approximate surface area is 149 Å². The maximum atomic E-state index is 5.52. The van der Waals surface area contributed by atoms with Crippen LogP contribution >= 0.6 is 23.6 Å². The Kier molecular flexibility index (Phi) is 5.12. The average molecular weight is 359 g/mol. The van der Waals surface area contributed by atoms with Crippen LogP contribution in [0, 0.1) is 0 Å². The summed E-state index contributed by atoms with van der Waals surface area (Å²) in [7, 11) is 1.63. The van der Waals surface area contributed by atoms with E-state index in [9.17, 15) is 0 Å². The topological polar surface area (TPSA) is 55.4 Å². The first-order chi connectivity index (χ1) is 11.7. The monoisotopic (exact) mass is 359 g/mol. The lowest BCUT2D eigenvalue weighted by atomic mass is 10.3. The molecule has 0 fully saturated rings. The fraction of sp³-hybridized carbons (Fsp3) is 0.176. The lowest BCUT2D eigenvalue weighted by Crippen LogP contribution is -2.19. The average Bonchev–Trinajstić information content (AvgIpc) is 2.97. The smallest absolute Gasteiger partial charge is 0.190 e. The fourth-order valence-electron chi connectivity index (χ4n) is 2.21. The maximum absolute atomic E-state index is 5.52. The van der Waals surface area contributed by atoms with E-state index in [1.165, 1.54) is 11.3 Å². The summed E-state index contributed by atoms with van der Waals surface area (Å²) in [6.45, 7) is 2.61. The lowest BCUT2D eigenvalue weighted by molar-refractivity contribution is 0.341. The maximum Gasteiger partial charge on any atom is 0.190 e.